The molecule has 0 atom stereocenters. The van der Waals surface area contributed by atoms with Gasteiger partial charge in [0.1, 0.15) is 5.82 Å². The van der Waals surface area contributed by atoms with Crippen molar-refractivity contribution in [3.05, 3.63) is 26.7 Å². The topological polar surface area (TPSA) is 61.8 Å². The molecule has 2 rings (SSSR count). The van der Waals surface area contributed by atoms with Gasteiger partial charge in [-0.2, -0.15) is 0 Å². The van der Waals surface area contributed by atoms with Crippen molar-refractivity contribution in [2.45, 2.75) is 59.5 Å². The number of rotatable bonds is 6. The van der Waals surface area contributed by atoms with Crippen LogP contribution in [0.5, 0.6) is 0 Å². The molecule has 0 aromatic carbocycles. The molecule has 2 heterocycles. The molecular weight excluding hydrogens is 280 g/mol. The van der Waals surface area contributed by atoms with E-state index >= 15 is 0 Å². The Labute approximate surface area is 129 Å². The second kappa shape index (κ2) is 6.65. The molecule has 0 saturated heterocycles. The average molecular weight is 302 g/mol. The fourth-order valence-electron chi connectivity index (χ4n) is 2.69. The summed E-state index contributed by atoms with van der Waals surface area (Å²) < 4.78 is 4.22. The van der Waals surface area contributed by atoms with E-state index in [1.807, 2.05) is 6.92 Å². The summed E-state index contributed by atoms with van der Waals surface area (Å²) in [6.07, 6.45) is 9.43. The lowest BCUT2D eigenvalue weighted by molar-refractivity contribution is 0.605. The van der Waals surface area contributed by atoms with Gasteiger partial charge in [-0.25, -0.2) is 14.3 Å². The van der Waals surface area contributed by atoms with Crippen molar-refractivity contribution in [1.29, 1.82) is 0 Å². The second-order valence-electron chi connectivity index (χ2n) is 5.20. The number of nitrogens with zero attached hydrogens (tertiary/aromatic N) is 4. The first-order valence-corrected chi connectivity index (χ1v) is 7.82. The number of terminal acetylenes is 1. The Morgan fingerprint density at radius 3 is 2.32 bits per heavy atom. The molecule has 118 valence electrons. The van der Waals surface area contributed by atoms with E-state index in [0.717, 1.165) is 19.3 Å². The Bertz CT molecular complexity index is 833. The summed E-state index contributed by atoms with van der Waals surface area (Å²) in [5.41, 5.74) is 0.0348. The summed E-state index contributed by atoms with van der Waals surface area (Å²) in [6.45, 7) is 6.52. The predicted octanol–water partition coefficient (Wildman–Crippen LogP) is 1.57. The highest BCUT2D eigenvalue weighted by molar-refractivity contribution is 5.72. The number of unbranched alkanes of at least 4 members (excludes halogenated alkanes) is 2. The van der Waals surface area contributed by atoms with Crippen molar-refractivity contribution in [2.24, 2.45) is 0 Å². The van der Waals surface area contributed by atoms with Crippen molar-refractivity contribution in [3.8, 4) is 12.5 Å². The number of hydrogen-bond donors (Lipinski definition) is 0. The van der Waals surface area contributed by atoms with Crippen molar-refractivity contribution in [2.75, 3.05) is 0 Å². The van der Waals surface area contributed by atoms with E-state index in [1.54, 1.807) is 6.92 Å². The maximum absolute atomic E-state index is 12.6. The van der Waals surface area contributed by atoms with Crippen LogP contribution in [0.3, 0.4) is 0 Å². The van der Waals surface area contributed by atoms with Crippen molar-refractivity contribution < 1.29 is 0 Å². The highest BCUT2D eigenvalue weighted by Crippen LogP contribution is 2.13. The molecule has 0 fully saturated rings. The van der Waals surface area contributed by atoms with Gasteiger partial charge < -0.3 is 0 Å². The van der Waals surface area contributed by atoms with E-state index in [1.165, 1.54) is 13.7 Å². The summed E-state index contributed by atoms with van der Waals surface area (Å²) in [7, 11) is 0. The SMILES string of the molecule is C#Cn1c(CCCCC)nc2c1c(=O)n(CC)c(=O)n2CC. The molecule has 22 heavy (non-hydrogen) atoms. The van der Waals surface area contributed by atoms with Gasteiger partial charge in [-0.1, -0.05) is 26.2 Å². The number of imidazole rings is 1. The molecule has 0 saturated carbocycles. The van der Waals surface area contributed by atoms with Gasteiger partial charge in [-0.15, -0.1) is 0 Å². The zero-order valence-electron chi connectivity index (χ0n) is 13.4. The second-order valence-corrected chi connectivity index (χ2v) is 5.20. The van der Waals surface area contributed by atoms with Crippen molar-refractivity contribution >= 4 is 11.2 Å². The lowest BCUT2D eigenvalue weighted by atomic mass is 10.2. The molecule has 0 aliphatic heterocycles. The van der Waals surface area contributed by atoms with E-state index in [9.17, 15) is 9.59 Å². The molecule has 2 aromatic heterocycles. The van der Waals surface area contributed by atoms with Crippen LogP contribution in [-0.2, 0) is 19.5 Å². The summed E-state index contributed by atoms with van der Waals surface area (Å²) in [5.74, 6) is 0.679. The lowest BCUT2D eigenvalue weighted by Gasteiger charge is -2.07. The smallest absolute Gasteiger partial charge is 0.276 e. The van der Waals surface area contributed by atoms with Crippen molar-refractivity contribution in [1.82, 2.24) is 18.7 Å². The Morgan fingerprint density at radius 1 is 1.09 bits per heavy atom. The van der Waals surface area contributed by atoms with Crippen LogP contribution in [0.1, 0.15) is 45.9 Å². The normalized spacial score (nSPS) is 11.0. The summed E-state index contributed by atoms with van der Waals surface area (Å²) >= 11 is 0. The minimum absolute atomic E-state index is 0.314. The zero-order chi connectivity index (χ0) is 16.3. The van der Waals surface area contributed by atoms with Crippen LogP contribution in [0.4, 0.5) is 0 Å². The Kier molecular flexibility index (Phi) is 4.86. The van der Waals surface area contributed by atoms with E-state index in [4.69, 9.17) is 6.42 Å². The molecule has 0 amide bonds. The van der Waals surface area contributed by atoms with Gasteiger partial charge in [0, 0.05) is 25.6 Å². The van der Waals surface area contributed by atoms with Crippen LogP contribution in [0, 0.1) is 12.5 Å². The van der Waals surface area contributed by atoms with Crippen LogP contribution < -0.4 is 11.2 Å². The quantitative estimate of drug-likeness (QED) is 0.601. The summed E-state index contributed by atoms with van der Waals surface area (Å²) in [4.78, 5) is 29.4. The first kappa shape index (κ1) is 16.1. The first-order valence-electron chi connectivity index (χ1n) is 7.82. The third-order valence-electron chi connectivity index (χ3n) is 3.86. The lowest BCUT2D eigenvalue weighted by Crippen LogP contribution is -2.39. The van der Waals surface area contributed by atoms with Gasteiger partial charge in [0.2, 0.25) is 0 Å². The Morgan fingerprint density at radius 2 is 1.77 bits per heavy atom. The van der Waals surface area contributed by atoms with E-state index in [0.29, 0.717) is 36.5 Å². The maximum Gasteiger partial charge on any atom is 0.332 e. The number of aryl methyl sites for hydroxylation is 2. The van der Waals surface area contributed by atoms with Crippen molar-refractivity contribution in [3.63, 3.8) is 0 Å². The molecule has 0 aliphatic rings. The molecule has 2 aromatic rings. The fraction of sp³-hybridized carbons (Fsp3) is 0.562. The number of aromatic nitrogens is 4. The molecule has 0 aliphatic carbocycles. The van der Waals surface area contributed by atoms with Crippen LogP contribution in [0.25, 0.3) is 11.2 Å². The molecule has 0 radical (unpaired) electrons. The van der Waals surface area contributed by atoms with Gasteiger partial charge in [-0.05, 0) is 20.3 Å². The Hall–Kier alpha value is -2.29. The predicted molar refractivity (Wildman–Crippen MR) is 87.1 cm³/mol. The van der Waals surface area contributed by atoms with E-state index in [-0.39, 0.29) is 11.2 Å². The monoisotopic (exact) mass is 302 g/mol. The standard InChI is InChI=1S/C16H22N4O2/c1-5-9-10-11-12-17-14-13(18(12)6-2)15(21)20(8-4)16(22)19(14)7-3/h2H,5,7-11H2,1,3-4H3. The van der Waals surface area contributed by atoms with Crippen LogP contribution >= 0.6 is 0 Å². The average Bonchev–Trinajstić information content (AvgIpc) is 2.87. The third-order valence-corrected chi connectivity index (χ3v) is 3.86. The highest BCUT2D eigenvalue weighted by atomic mass is 16.2. The molecule has 0 spiro atoms. The van der Waals surface area contributed by atoms with Gasteiger partial charge in [-0.3, -0.25) is 13.9 Å². The largest absolute Gasteiger partial charge is 0.332 e. The zero-order valence-corrected chi connectivity index (χ0v) is 13.4. The molecule has 6 nitrogen and oxygen atoms in total. The number of fused-ring (bicyclic) bond motifs is 1. The fourth-order valence-corrected chi connectivity index (χ4v) is 2.69. The summed E-state index contributed by atoms with van der Waals surface area (Å²) in [6, 6.07) is 2.53. The third kappa shape index (κ3) is 2.47. The minimum Gasteiger partial charge on any atom is -0.276 e. The van der Waals surface area contributed by atoms with Gasteiger partial charge in [0.15, 0.2) is 11.2 Å². The maximum atomic E-state index is 12.6. The van der Waals surface area contributed by atoms with E-state index < -0.39 is 0 Å². The number of hydrogen-bond acceptors (Lipinski definition) is 3. The minimum atomic E-state index is -0.362. The molecule has 0 unspecified atom stereocenters. The highest BCUT2D eigenvalue weighted by Gasteiger charge is 2.19. The molecule has 6 heteroatoms. The molecule has 0 N–H and O–H groups in total. The van der Waals surface area contributed by atoms with Gasteiger partial charge in [0.25, 0.3) is 5.56 Å². The Balaban J connectivity index is 2.78. The molecule has 0 bridgehead atoms. The van der Waals surface area contributed by atoms with Gasteiger partial charge >= 0.3 is 5.69 Å². The van der Waals surface area contributed by atoms with Crippen LogP contribution in [0.2, 0.25) is 0 Å². The summed E-state index contributed by atoms with van der Waals surface area (Å²) in [5, 5.41) is 0. The van der Waals surface area contributed by atoms with Crippen LogP contribution in [-0.4, -0.2) is 18.7 Å². The molecular formula is C16H22N4O2. The first-order chi connectivity index (χ1) is 10.6. The van der Waals surface area contributed by atoms with Crippen LogP contribution in [0.15, 0.2) is 9.59 Å². The van der Waals surface area contributed by atoms with E-state index in [2.05, 4.69) is 18.0 Å². The van der Waals surface area contributed by atoms with Gasteiger partial charge in [0.05, 0.1) is 0 Å².